The van der Waals surface area contributed by atoms with Crippen LogP contribution in [-0.4, -0.2) is 30.8 Å². The molecule has 0 radical (unpaired) electrons. The van der Waals surface area contributed by atoms with Crippen molar-refractivity contribution >= 4 is 6.03 Å². The number of carbonyl (C=O) groups excluding carboxylic acids is 1. The number of rotatable bonds is 7. The number of aliphatic hydroxyl groups is 1. The number of carbonyl (C=O) groups is 1. The van der Waals surface area contributed by atoms with Crippen LogP contribution >= 0.6 is 0 Å². The minimum Gasteiger partial charge on any atom is -0.492 e. The molecule has 2 amide bonds. The zero-order chi connectivity index (χ0) is 15.8. The molecule has 1 aromatic heterocycles. The number of benzene rings is 1. The van der Waals surface area contributed by atoms with Crippen molar-refractivity contribution < 1.29 is 19.1 Å². The van der Waals surface area contributed by atoms with Crippen LogP contribution in [0.4, 0.5) is 4.79 Å². The van der Waals surface area contributed by atoms with E-state index in [4.69, 9.17) is 9.15 Å². The van der Waals surface area contributed by atoms with E-state index < -0.39 is 6.10 Å². The SMILES string of the molecule is Cc1ccc([C@H](O)CNC(=O)NCCOc2ccccc2)o1. The minimum atomic E-state index is -0.861. The number of aliphatic hydroxyl groups excluding tert-OH is 1. The summed E-state index contributed by atoms with van der Waals surface area (Å²) in [6.07, 6.45) is -0.861. The summed E-state index contributed by atoms with van der Waals surface area (Å²) < 4.78 is 10.7. The van der Waals surface area contributed by atoms with Gasteiger partial charge in [0.05, 0.1) is 13.1 Å². The summed E-state index contributed by atoms with van der Waals surface area (Å²) in [7, 11) is 0. The van der Waals surface area contributed by atoms with Crippen molar-refractivity contribution in [2.24, 2.45) is 0 Å². The molecule has 3 N–H and O–H groups in total. The van der Waals surface area contributed by atoms with E-state index in [2.05, 4.69) is 10.6 Å². The number of furan rings is 1. The van der Waals surface area contributed by atoms with Crippen LogP contribution in [0.1, 0.15) is 17.6 Å². The van der Waals surface area contributed by atoms with E-state index in [1.54, 1.807) is 19.1 Å². The Morgan fingerprint density at radius 2 is 2.00 bits per heavy atom. The summed E-state index contributed by atoms with van der Waals surface area (Å²) in [6.45, 7) is 2.62. The molecule has 0 spiro atoms. The maximum absolute atomic E-state index is 11.6. The number of ether oxygens (including phenoxy) is 1. The molecule has 0 saturated heterocycles. The van der Waals surface area contributed by atoms with Crippen molar-refractivity contribution in [1.29, 1.82) is 0 Å². The summed E-state index contributed by atoms with van der Waals surface area (Å²) in [5.74, 6) is 1.91. The van der Waals surface area contributed by atoms with Gasteiger partial charge < -0.3 is 24.9 Å². The van der Waals surface area contributed by atoms with Crippen molar-refractivity contribution in [3.8, 4) is 5.75 Å². The normalized spacial score (nSPS) is 11.7. The van der Waals surface area contributed by atoms with Gasteiger partial charge in [0.2, 0.25) is 0 Å². The Hall–Kier alpha value is -2.47. The van der Waals surface area contributed by atoms with Crippen LogP contribution in [0.5, 0.6) is 5.75 Å². The van der Waals surface area contributed by atoms with Crippen LogP contribution in [0.25, 0.3) is 0 Å². The van der Waals surface area contributed by atoms with Gasteiger partial charge in [0.15, 0.2) is 0 Å². The van der Waals surface area contributed by atoms with Crippen molar-refractivity contribution in [3.63, 3.8) is 0 Å². The van der Waals surface area contributed by atoms with E-state index in [1.807, 2.05) is 30.3 Å². The lowest BCUT2D eigenvalue weighted by Gasteiger charge is -2.11. The standard InChI is InChI=1S/C16H20N2O4/c1-12-7-8-15(22-12)14(19)11-18-16(20)17-9-10-21-13-5-3-2-4-6-13/h2-8,14,19H,9-11H2,1H3,(H2,17,18,20)/t14-/m1/s1. The lowest BCUT2D eigenvalue weighted by Crippen LogP contribution is -2.39. The van der Waals surface area contributed by atoms with Crippen molar-refractivity contribution in [2.45, 2.75) is 13.0 Å². The molecular formula is C16H20N2O4. The fourth-order valence-corrected chi connectivity index (χ4v) is 1.84. The number of aryl methyl sites for hydroxylation is 1. The molecule has 118 valence electrons. The molecule has 0 bridgehead atoms. The Labute approximate surface area is 129 Å². The maximum Gasteiger partial charge on any atom is 0.315 e. The first kappa shape index (κ1) is 15.9. The Bertz CT molecular complexity index is 583. The molecule has 1 heterocycles. The molecule has 22 heavy (non-hydrogen) atoms. The fourth-order valence-electron chi connectivity index (χ4n) is 1.84. The summed E-state index contributed by atoms with van der Waals surface area (Å²) in [6, 6.07) is 12.5. The monoisotopic (exact) mass is 304 g/mol. The smallest absolute Gasteiger partial charge is 0.315 e. The van der Waals surface area contributed by atoms with Crippen LogP contribution in [0.15, 0.2) is 46.9 Å². The van der Waals surface area contributed by atoms with Crippen LogP contribution in [0.2, 0.25) is 0 Å². The average molecular weight is 304 g/mol. The summed E-state index contributed by atoms with van der Waals surface area (Å²) in [5.41, 5.74) is 0. The van der Waals surface area contributed by atoms with Gasteiger partial charge in [-0.25, -0.2) is 4.79 Å². The topological polar surface area (TPSA) is 83.7 Å². The van der Waals surface area contributed by atoms with Crippen molar-refractivity contribution in [2.75, 3.05) is 19.7 Å². The zero-order valence-corrected chi connectivity index (χ0v) is 12.4. The van der Waals surface area contributed by atoms with Crippen LogP contribution in [-0.2, 0) is 0 Å². The van der Waals surface area contributed by atoms with E-state index >= 15 is 0 Å². The van der Waals surface area contributed by atoms with Gasteiger partial charge in [-0.05, 0) is 31.2 Å². The van der Waals surface area contributed by atoms with E-state index in [9.17, 15) is 9.90 Å². The Kier molecular flexibility index (Phi) is 5.85. The molecule has 0 aliphatic carbocycles. The molecule has 0 aliphatic rings. The highest BCUT2D eigenvalue weighted by Crippen LogP contribution is 2.14. The van der Waals surface area contributed by atoms with E-state index in [-0.39, 0.29) is 12.6 Å². The molecule has 0 fully saturated rings. The van der Waals surface area contributed by atoms with Crippen LogP contribution in [0.3, 0.4) is 0 Å². The van der Waals surface area contributed by atoms with Gasteiger partial charge in [0.25, 0.3) is 0 Å². The molecule has 0 saturated carbocycles. The molecular weight excluding hydrogens is 284 g/mol. The number of nitrogens with one attached hydrogen (secondary N) is 2. The number of amides is 2. The first-order valence-electron chi connectivity index (χ1n) is 7.09. The highest BCUT2D eigenvalue weighted by molar-refractivity contribution is 5.73. The molecule has 1 atom stereocenters. The van der Waals surface area contributed by atoms with Gasteiger partial charge in [0.1, 0.15) is 30.0 Å². The van der Waals surface area contributed by atoms with Gasteiger partial charge in [-0.3, -0.25) is 0 Å². The van der Waals surface area contributed by atoms with Crippen LogP contribution in [0, 0.1) is 6.92 Å². The van der Waals surface area contributed by atoms with Gasteiger partial charge >= 0.3 is 6.03 Å². The van der Waals surface area contributed by atoms with E-state index in [0.29, 0.717) is 18.9 Å². The van der Waals surface area contributed by atoms with Gasteiger partial charge in [-0.15, -0.1) is 0 Å². The molecule has 0 unspecified atom stereocenters. The lowest BCUT2D eigenvalue weighted by atomic mass is 10.3. The van der Waals surface area contributed by atoms with Gasteiger partial charge in [-0.2, -0.15) is 0 Å². The Morgan fingerprint density at radius 1 is 1.23 bits per heavy atom. The molecule has 2 aromatic rings. The molecule has 1 aromatic carbocycles. The first-order valence-corrected chi connectivity index (χ1v) is 7.09. The van der Waals surface area contributed by atoms with E-state index in [0.717, 1.165) is 11.5 Å². The second kappa shape index (κ2) is 8.09. The second-order valence-electron chi connectivity index (χ2n) is 4.76. The molecule has 6 nitrogen and oxygen atoms in total. The largest absolute Gasteiger partial charge is 0.492 e. The summed E-state index contributed by atoms with van der Waals surface area (Å²) >= 11 is 0. The number of para-hydroxylation sites is 1. The van der Waals surface area contributed by atoms with Gasteiger partial charge in [-0.1, -0.05) is 18.2 Å². The third-order valence-corrected chi connectivity index (χ3v) is 2.95. The molecule has 2 rings (SSSR count). The van der Waals surface area contributed by atoms with Crippen LogP contribution < -0.4 is 15.4 Å². The maximum atomic E-state index is 11.6. The quantitative estimate of drug-likeness (QED) is 0.683. The Balaban J connectivity index is 1.60. The fraction of sp³-hybridized carbons (Fsp3) is 0.312. The van der Waals surface area contributed by atoms with E-state index in [1.165, 1.54) is 0 Å². The second-order valence-corrected chi connectivity index (χ2v) is 4.76. The lowest BCUT2D eigenvalue weighted by molar-refractivity contribution is 0.146. The summed E-state index contributed by atoms with van der Waals surface area (Å²) in [5, 5.41) is 15.1. The predicted molar refractivity (Wildman–Crippen MR) is 81.7 cm³/mol. The third-order valence-electron chi connectivity index (χ3n) is 2.95. The van der Waals surface area contributed by atoms with Crippen molar-refractivity contribution in [3.05, 3.63) is 54.0 Å². The zero-order valence-electron chi connectivity index (χ0n) is 12.4. The third kappa shape index (κ3) is 5.14. The predicted octanol–water partition coefficient (Wildman–Crippen LogP) is 2.00. The average Bonchev–Trinajstić information content (AvgIpc) is 2.97. The van der Waals surface area contributed by atoms with Crippen molar-refractivity contribution in [1.82, 2.24) is 10.6 Å². The highest BCUT2D eigenvalue weighted by Gasteiger charge is 2.12. The number of hydrogen-bond acceptors (Lipinski definition) is 4. The Morgan fingerprint density at radius 3 is 2.68 bits per heavy atom. The van der Waals surface area contributed by atoms with Gasteiger partial charge in [0, 0.05) is 0 Å². The molecule has 6 heteroatoms. The first-order chi connectivity index (χ1) is 10.6. The minimum absolute atomic E-state index is 0.0817. The molecule has 0 aliphatic heterocycles. The summed E-state index contributed by atoms with van der Waals surface area (Å²) in [4.78, 5) is 11.6. The number of hydrogen-bond donors (Lipinski definition) is 3. The highest BCUT2D eigenvalue weighted by atomic mass is 16.5. The number of urea groups is 1.